The maximum Gasteiger partial charge on any atom is 1.00 e. The average molecular weight is 425 g/mol. The monoisotopic (exact) mass is 425 g/mol. The van der Waals surface area contributed by atoms with Gasteiger partial charge >= 0.3 is 59.1 Å². The summed E-state index contributed by atoms with van der Waals surface area (Å²) in [5, 5.41) is 21.6. The van der Waals surface area contributed by atoms with E-state index >= 15 is 0 Å². The second-order valence-corrected chi connectivity index (χ2v) is 6.50. The Kier molecular flexibility index (Phi) is 12.7. The molecule has 1 aliphatic rings. The van der Waals surface area contributed by atoms with Gasteiger partial charge in [-0.1, -0.05) is 0 Å². The summed E-state index contributed by atoms with van der Waals surface area (Å²) >= 11 is 0. The second-order valence-electron chi connectivity index (χ2n) is 4.44. The molecule has 1 amide bonds. The molecule has 0 aromatic heterocycles. The number of aliphatic hydroxyl groups is 2. The topological polar surface area (TPSA) is 212 Å². The Bertz CT molecular complexity index is 640. The molecule has 136 valence electrons. The third-order valence-electron chi connectivity index (χ3n) is 2.67. The van der Waals surface area contributed by atoms with Crippen molar-refractivity contribution >= 4 is 26.7 Å². The molecule has 25 heavy (non-hydrogen) atoms. The van der Waals surface area contributed by atoms with Crippen LogP contribution in [0.4, 0.5) is 0 Å². The number of ether oxygens (including phenoxy) is 1. The molecule has 1 aliphatic heterocycles. The van der Waals surface area contributed by atoms with E-state index in [-0.39, 0.29) is 59.1 Å². The van der Waals surface area contributed by atoms with E-state index in [9.17, 15) is 40.9 Å². The van der Waals surface area contributed by atoms with Crippen LogP contribution in [-0.2, 0) is 38.7 Å². The minimum atomic E-state index is -5.36. The van der Waals surface area contributed by atoms with Gasteiger partial charge in [0.15, 0.2) is 6.29 Å². The molecule has 17 heteroatoms. The van der Waals surface area contributed by atoms with E-state index in [2.05, 4.69) is 8.37 Å². The van der Waals surface area contributed by atoms with Crippen molar-refractivity contribution < 1.29 is 113 Å². The molecule has 0 aromatic carbocycles. The first-order valence-electron chi connectivity index (χ1n) is 5.83. The second kappa shape index (κ2) is 11.2. The van der Waals surface area contributed by atoms with E-state index in [1.54, 1.807) is 0 Å². The standard InChI is InChI=1S/C8H15NO12S2.2Na/c1-3(10)9-5-7(21-23(16,17)18)6(11)4(20-8(5)12)2-19-22(13,14)15;;/h4-8,11-12H,2H2,1H3,(H,9,10)(H,13,14,15)(H,16,17,18);;/q;2*+1/p-2/t4-,5+,6-,7-,8?;;/m0../s1. The molecule has 0 spiro atoms. The first kappa shape index (κ1) is 28.3. The third-order valence-corrected chi connectivity index (χ3v) is 3.55. The Morgan fingerprint density at radius 2 is 1.68 bits per heavy atom. The predicted molar refractivity (Wildman–Crippen MR) is 64.7 cm³/mol. The molecule has 0 bridgehead atoms. The van der Waals surface area contributed by atoms with Gasteiger partial charge in [0.1, 0.15) is 24.4 Å². The van der Waals surface area contributed by atoms with E-state index in [0.717, 1.165) is 6.92 Å². The van der Waals surface area contributed by atoms with Crippen molar-refractivity contribution in [2.45, 2.75) is 37.6 Å². The van der Waals surface area contributed by atoms with Gasteiger partial charge in [0, 0.05) is 6.92 Å². The molecule has 5 atom stereocenters. The largest absolute Gasteiger partial charge is 1.00 e. The smallest absolute Gasteiger partial charge is 0.726 e. The first-order chi connectivity index (χ1) is 10.3. The molecule has 13 nitrogen and oxygen atoms in total. The fraction of sp³-hybridized carbons (Fsp3) is 0.875. The Morgan fingerprint density at radius 1 is 1.16 bits per heavy atom. The molecular weight excluding hydrogens is 412 g/mol. The number of hydrogen-bond donors (Lipinski definition) is 3. The Morgan fingerprint density at radius 3 is 2.08 bits per heavy atom. The summed E-state index contributed by atoms with van der Waals surface area (Å²) in [6.45, 7) is -0.101. The molecule has 0 aromatic rings. The van der Waals surface area contributed by atoms with Gasteiger partial charge in [-0.2, -0.15) is 0 Å². The molecule has 1 fully saturated rings. The van der Waals surface area contributed by atoms with Gasteiger partial charge in [0.05, 0.1) is 6.61 Å². The van der Waals surface area contributed by atoms with Gasteiger partial charge in [-0.3, -0.25) is 13.2 Å². The van der Waals surface area contributed by atoms with Crippen LogP contribution < -0.4 is 64.4 Å². The van der Waals surface area contributed by atoms with Crippen LogP contribution in [0.3, 0.4) is 0 Å². The van der Waals surface area contributed by atoms with Crippen LogP contribution in [0.2, 0.25) is 0 Å². The van der Waals surface area contributed by atoms with Crippen LogP contribution in [0.1, 0.15) is 6.92 Å². The number of aliphatic hydroxyl groups excluding tert-OH is 2. The third kappa shape index (κ3) is 10.3. The molecule has 0 saturated carbocycles. The van der Waals surface area contributed by atoms with Gasteiger partial charge in [0.2, 0.25) is 26.7 Å². The zero-order valence-corrected chi connectivity index (χ0v) is 19.0. The zero-order valence-electron chi connectivity index (χ0n) is 13.4. The molecule has 1 rings (SSSR count). The van der Waals surface area contributed by atoms with Crippen molar-refractivity contribution in [1.29, 1.82) is 0 Å². The van der Waals surface area contributed by atoms with Gasteiger partial charge < -0.3 is 29.4 Å². The minimum absolute atomic E-state index is 0. The van der Waals surface area contributed by atoms with Crippen molar-refractivity contribution in [3.63, 3.8) is 0 Å². The summed E-state index contributed by atoms with van der Waals surface area (Å²) < 4.78 is 75.9. The predicted octanol–water partition coefficient (Wildman–Crippen LogP) is -10.1. The van der Waals surface area contributed by atoms with Crippen LogP contribution >= 0.6 is 0 Å². The van der Waals surface area contributed by atoms with Gasteiger partial charge in [0.25, 0.3) is 0 Å². The number of hydrogen-bond acceptors (Lipinski definition) is 12. The fourth-order valence-electron chi connectivity index (χ4n) is 1.86. The minimum Gasteiger partial charge on any atom is -0.726 e. The van der Waals surface area contributed by atoms with Crippen LogP contribution in [0.5, 0.6) is 0 Å². The number of rotatable bonds is 6. The van der Waals surface area contributed by atoms with Crippen LogP contribution in [0.15, 0.2) is 0 Å². The van der Waals surface area contributed by atoms with Crippen molar-refractivity contribution in [1.82, 2.24) is 5.32 Å². The maximum absolute atomic E-state index is 11.0. The number of carbonyl (C=O) groups is 1. The molecular formula is C8H13NNa2O12S2. The first-order valence-corrected chi connectivity index (χ1v) is 8.50. The van der Waals surface area contributed by atoms with Crippen molar-refractivity contribution in [2.24, 2.45) is 0 Å². The van der Waals surface area contributed by atoms with E-state index in [1.807, 2.05) is 5.32 Å². The summed E-state index contributed by atoms with van der Waals surface area (Å²) in [6.07, 6.45) is -7.75. The molecule has 0 radical (unpaired) electrons. The summed E-state index contributed by atoms with van der Waals surface area (Å²) in [5.41, 5.74) is 0. The van der Waals surface area contributed by atoms with Crippen LogP contribution in [-0.4, -0.2) is 79.3 Å². The van der Waals surface area contributed by atoms with Crippen molar-refractivity contribution in [3.05, 3.63) is 0 Å². The summed E-state index contributed by atoms with van der Waals surface area (Å²) in [5.74, 6) is -0.779. The van der Waals surface area contributed by atoms with E-state index in [1.165, 1.54) is 0 Å². The molecule has 0 aliphatic carbocycles. The quantitative estimate of drug-likeness (QED) is 0.206. The van der Waals surface area contributed by atoms with Gasteiger partial charge in [-0.05, 0) is 0 Å². The fourth-order valence-corrected chi connectivity index (χ4v) is 2.67. The van der Waals surface area contributed by atoms with E-state index in [4.69, 9.17) is 4.74 Å². The van der Waals surface area contributed by atoms with Crippen molar-refractivity contribution in [3.8, 4) is 0 Å². The SMILES string of the molecule is CC(=O)N[C@H]1C(O)O[C@@H](COS(=O)(=O)[O-])[C@H](O)[C@H]1OS(=O)(=O)[O-].[Na+].[Na+]. The zero-order chi connectivity index (χ0) is 18.0. The number of amides is 1. The summed E-state index contributed by atoms with van der Waals surface area (Å²) in [4.78, 5) is 11.0. The molecule has 1 heterocycles. The van der Waals surface area contributed by atoms with Crippen LogP contribution in [0.25, 0.3) is 0 Å². The maximum atomic E-state index is 11.0. The number of nitrogens with one attached hydrogen (secondary N) is 1. The Balaban J connectivity index is 0. The van der Waals surface area contributed by atoms with E-state index < -0.39 is 64.0 Å². The molecule has 1 unspecified atom stereocenters. The van der Waals surface area contributed by atoms with Crippen LogP contribution in [0, 0.1) is 0 Å². The summed E-state index contributed by atoms with van der Waals surface area (Å²) in [7, 11) is -10.5. The van der Waals surface area contributed by atoms with Crippen molar-refractivity contribution in [2.75, 3.05) is 6.61 Å². The molecule has 3 N–H and O–H groups in total. The van der Waals surface area contributed by atoms with Gasteiger partial charge in [-0.15, -0.1) is 0 Å². The molecule has 1 saturated heterocycles. The average Bonchev–Trinajstić information content (AvgIpc) is 2.33. The van der Waals surface area contributed by atoms with E-state index in [0.29, 0.717) is 0 Å². The van der Waals surface area contributed by atoms with Gasteiger partial charge in [-0.25, -0.2) is 16.8 Å². The Hall–Kier alpha value is 1.09. The normalized spacial score (nSPS) is 29.9. The Labute approximate surface area is 187 Å². The number of carbonyl (C=O) groups excluding carboxylic acids is 1. The summed E-state index contributed by atoms with van der Waals surface area (Å²) in [6, 6.07) is -1.66.